The molecule has 0 unspecified atom stereocenters. The van der Waals surface area contributed by atoms with Crippen molar-refractivity contribution in [3.05, 3.63) is 23.4 Å². The maximum atomic E-state index is 10.9. The molecule has 0 aromatic carbocycles. The maximum absolute atomic E-state index is 10.9. The molecule has 1 heterocycles. The minimum atomic E-state index is -0.192. The molecule has 1 rings (SSSR count). The van der Waals surface area contributed by atoms with Gasteiger partial charge in [-0.2, -0.15) is 5.26 Å². The fourth-order valence-corrected chi connectivity index (χ4v) is 1.22. The van der Waals surface area contributed by atoms with Crippen molar-refractivity contribution in [1.29, 1.82) is 5.26 Å². The van der Waals surface area contributed by atoms with Crippen molar-refractivity contribution in [1.82, 2.24) is 4.98 Å². The smallest absolute Gasteiger partial charge is 0.222 e. The Morgan fingerprint density at radius 3 is 2.50 bits per heavy atom. The molecule has 4 heteroatoms. The Morgan fingerprint density at radius 1 is 1.44 bits per heavy atom. The van der Waals surface area contributed by atoms with Crippen LogP contribution in [0, 0.1) is 11.3 Å². The van der Waals surface area contributed by atoms with Crippen LogP contribution in [0.5, 0.6) is 0 Å². The number of carbonyl (C=O) groups excluding carboxylic acids is 1. The summed E-state index contributed by atoms with van der Waals surface area (Å²) in [5.74, 6) is 0.235. The summed E-state index contributed by atoms with van der Waals surface area (Å²) >= 11 is 0. The van der Waals surface area contributed by atoms with Gasteiger partial charge in [0.15, 0.2) is 0 Å². The molecule has 84 valence electrons. The molecule has 1 aromatic heterocycles. The van der Waals surface area contributed by atoms with Gasteiger partial charge in [-0.1, -0.05) is 20.8 Å². The van der Waals surface area contributed by atoms with Crippen molar-refractivity contribution in [2.24, 2.45) is 0 Å². The van der Waals surface area contributed by atoms with Crippen LogP contribution in [0.3, 0.4) is 0 Å². The molecule has 0 atom stereocenters. The number of nitriles is 1. The molecule has 0 aliphatic carbocycles. The predicted octanol–water partition coefficient (Wildman–Crippen LogP) is 2.21. The van der Waals surface area contributed by atoms with Crippen LogP contribution >= 0.6 is 0 Å². The number of nitrogens with zero attached hydrogens (tertiary/aromatic N) is 2. The van der Waals surface area contributed by atoms with E-state index in [4.69, 9.17) is 5.26 Å². The zero-order valence-corrected chi connectivity index (χ0v) is 9.96. The van der Waals surface area contributed by atoms with Crippen LogP contribution in [-0.2, 0) is 10.2 Å². The molecule has 1 amide bonds. The van der Waals surface area contributed by atoms with Gasteiger partial charge in [-0.25, -0.2) is 4.98 Å². The van der Waals surface area contributed by atoms with Crippen LogP contribution in [0.1, 0.15) is 39.0 Å². The highest BCUT2D eigenvalue weighted by Gasteiger charge is 2.17. The number of pyridine rings is 1. The molecule has 0 radical (unpaired) electrons. The summed E-state index contributed by atoms with van der Waals surface area (Å²) in [4.78, 5) is 15.2. The molecule has 0 bridgehead atoms. The van der Waals surface area contributed by atoms with Gasteiger partial charge in [0.2, 0.25) is 5.91 Å². The first-order valence-corrected chi connectivity index (χ1v) is 5.03. The molecule has 1 aromatic rings. The topological polar surface area (TPSA) is 65.8 Å². The van der Waals surface area contributed by atoms with Gasteiger partial charge in [0.1, 0.15) is 5.82 Å². The summed E-state index contributed by atoms with van der Waals surface area (Å²) in [7, 11) is 0. The van der Waals surface area contributed by atoms with Crippen LogP contribution in [0.4, 0.5) is 5.82 Å². The van der Waals surface area contributed by atoms with Gasteiger partial charge in [0.05, 0.1) is 11.6 Å². The predicted molar refractivity (Wildman–Crippen MR) is 62.0 cm³/mol. The molecule has 0 aliphatic heterocycles. The molecule has 0 aliphatic rings. The van der Waals surface area contributed by atoms with E-state index in [2.05, 4.69) is 16.4 Å². The zero-order valence-electron chi connectivity index (χ0n) is 9.96. The summed E-state index contributed by atoms with van der Waals surface area (Å²) in [6.45, 7) is 7.44. The molecule has 0 saturated carbocycles. The number of rotatable bonds is 1. The fraction of sp³-hybridized carbons (Fsp3) is 0.417. The van der Waals surface area contributed by atoms with E-state index in [0.717, 1.165) is 5.69 Å². The quantitative estimate of drug-likeness (QED) is 0.784. The highest BCUT2D eigenvalue weighted by molar-refractivity contribution is 5.87. The summed E-state index contributed by atoms with van der Waals surface area (Å²) < 4.78 is 0. The summed E-state index contributed by atoms with van der Waals surface area (Å²) in [5.41, 5.74) is 1.14. The molecule has 16 heavy (non-hydrogen) atoms. The van der Waals surface area contributed by atoms with Gasteiger partial charge in [-0.3, -0.25) is 4.79 Å². The number of hydrogen-bond acceptors (Lipinski definition) is 3. The first-order valence-electron chi connectivity index (χ1n) is 5.03. The van der Waals surface area contributed by atoms with Crippen molar-refractivity contribution in [3.63, 3.8) is 0 Å². The van der Waals surface area contributed by atoms with Gasteiger partial charge in [-0.05, 0) is 12.1 Å². The average molecular weight is 217 g/mol. The summed E-state index contributed by atoms with van der Waals surface area (Å²) in [6.07, 6.45) is 0. The van der Waals surface area contributed by atoms with Crippen molar-refractivity contribution < 1.29 is 4.79 Å². The van der Waals surface area contributed by atoms with Crippen molar-refractivity contribution in [2.45, 2.75) is 33.1 Å². The lowest BCUT2D eigenvalue weighted by atomic mass is 9.91. The summed E-state index contributed by atoms with van der Waals surface area (Å²) in [6, 6.07) is 5.37. The lowest BCUT2D eigenvalue weighted by molar-refractivity contribution is -0.114. The third-order valence-corrected chi connectivity index (χ3v) is 2.03. The number of amides is 1. The third-order valence-electron chi connectivity index (χ3n) is 2.03. The number of aromatic nitrogens is 1. The van der Waals surface area contributed by atoms with Crippen molar-refractivity contribution in [2.75, 3.05) is 5.32 Å². The van der Waals surface area contributed by atoms with Crippen molar-refractivity contribution >= 4 is 11.7 Å². The van der Waals surface area contributed by atoms with Gasteiger partial charge in [-0.15, -0.1) is 0 Å². The number of hydrogen-bond donors (Lipinski definition) is 1. The van der Waals surface area contributed by atoms with Crippen LogP contribution < -0.4 is 5.32 Å². The zero-order chi connectivity index (χ0) is 12.3. The average Bonchev–Trinajstić information content (AvgIpc) is 2.14. The van der Waals surface area contributed by atoms with E-state index in [0.29, 0.717) is 11.4 Å². The van der Waals surface area contributed by atoms with Gasteiger partial charge in [0.25, 0.3) is 0 Å². The Balaban J connectivity index is 3.22. The number of carbonyl (C=O) groups is 1. The van der Waals surface area contributed by atoms with E-state index < -0.39 is 0 Å². The Bertz CT molecular complexity index is 452. The molecule has 0 spiro atoms. The number of nitrogens with one attached hydrogen (secondary N) is 1. The van der Waals surface area contributed by atoms with E-state index in [1.54, 1.807) is 12.1 Å². The van der Waals surface area contributed by atoms with E-state index in [9.17, 15) is 4.79 Å². The lowest BCUT2D eigenvalue weighted by Crippen LogP contribution is -2.16. The van der Waals surface area contributed by atoms with Crippen LogP contribution in [0.15, 0.2) is 12.1 Å². The molecule has 4 nitrogen and oxygen atoms in total. The number of anilines is 1. The Kier molecular flexibility index (Phi) is 3.28. The minimum Gasteiger partial charge on any atom is -0.311 e. The molecule has 1 N–H and O–H groups in total. The second-order valence-electron chi connectivity index (χ2n) is 4.67. The van der Waals surface area contributed by atoms with Crippen molar-refractivity contribution in [3.8, 4) is 6.07 Å². The fourth-order valence-electron chi connectivity index (χ4n) is 1.22. The standard InChI is InChI=1S/C12H15N3O/c1-8(16)14-11-6-9(7-13)5-10(15-11)12(2,3)4/h5-6H,1-4H3,(H,14,15,16). The monoisotopic (exact) mass is 217 g/mol. The van der Waals surface area contributed by atoms with Gasteiger partial charge in [0, 0.05) is 18.0 Å². The SMILES string of the molecule is CC(=O)Nc1cc(C#N)cc(C(C)(C)C)n1. The molecular weight excluding hydrogens is 202 g/mol. The summed E-state index contributed by atoms with van der Waals surface area (Å²) in [5, 5.41) is 11.5. The first kappa shape index (κ1) is 12.2. The third kappa shape index (κ3) is 3.06. The van der Waals surface area contributed by atoms with Gasteiger partial charge >= 0.3 is 0 Å². The largest absolute Gasteiger partial charge is 0.311 e. The highest BCUT2D eigenvalue weighted by atomic mass is 16.1. The molecular formula is C12H15N3O. The molecule has 0 saturated heterocycles. The Morgan fingerprint density at radius 2 is 2.06 bits per heavy atom. The normalized spacial score (nSPS) is 10.7. The Hall–Kier alpha value is -1.89. The van der Waals surface area contributed by atoms with Crippen LogP contribution in [0.2, 0.25) is 0 Å². The van der Waals surface area contributed by atoms with E-state index in [1.807, 2.05) is 20.8 Å². The second-order valence-corrected chi connectivity index (χ2v) is 4.67. The van der Waals surface area contributed by atoms with E-state index in [1.165, 1.54) is 6.92 Å². The van der Waals surface area contributed by atoms with E-state index >= 15 is 0 Å². The maximum Gasteiger partial charge on any atom is 0.222 e. The minimum absolute atomic E-state index is 0.153. The lowest BCUT2D eigenvalue weighted by Gasteiger charge is -2.18. The van der Waals surface area contributed by atoms with Crippen LogP contribution in [0.25, 0.3) is 0 Å². The van der Waals surface area contributed by atoms with Crippen LogP contribution in [-0.4, -0.2) is 10.9 Å². The molecule has 0 fully saturated rings. The highest BCUT2D eigenvalue weighted by Crippen LogP contribution is 2.23. The Labute approximate surface area is 95.3 Å². The first-order chi connectivity index (χ1) is 7.32. The van der Waals surface area contributed by atoms with Gasteiger partial charge < -0.3 is 5.32 Å². The van der Waals surface area contributed by atoms with E-state index in [-0.39, 0.29) is 11.3 Å². The second kappa shape index (κ2) is 4.31.